The van der Waals surface area contributed by atoms with E-state index in [1.165, 1.54) is 16.7 Å². The van der Waals surface area contributed by atoms with Crippen molar-refractivity contribution in [2.75, 3.05) is 6.54 Å². The van der Waals surface area contributed by atoms with Crippen LogP contribution in [0.15, 0.2) is 56.0 Å². The number of thioether (sulfide) groups is 1. The van der Waals surface area contributed by atoms with Crippen LogP contribution in [0.2, 0.25) is 0 Å². The van der Waals surface area contributed by atoms with E-state index in [1.807, 2.05) is 44.2 Å². The van der Waals surface area contributed by atoms with E-state index in [4.69, 9.17) is 15.1 Å². The zero-order valence-electron chi connectivity index (χ0n) is 16.7. The van der Waals surface area contributed by atoms with E-state index in [0.29, 0.717) is 22.3 Å². The molecule has 4 rings (SSSR count). The van der Waals surface area contributed by atoms with Crippen molar-refractivity contribution >= 4 is 51.8 Å². The number of rotatable bonds is 7. The maximum Gasteiger partial charge on any atom is 0.293 e. The molecule has 156 valence electrons. The molecule has 0 bridgehead atoms. The van der Waals surface area contributed by atoms with Gasteiger partial charge in [-0.25, -0.2) is 4.98 Å². The Balaban J connectivity index is 1.57. The number of aryl methyl sites for hydroxylation is 1. The number of para-hydroxylation sites is 2. The standard InChI is InChI=1S/C21H22N4O3S2/c1-13(2)25-19(26)17(29-21(25)27)12-14-8-9-18(28-14)30-20-23-15-6-3-4-7-16(15)24(20)11-5-10-22/h3-4,6-9,12-13H,5,10-11,22H2,1-2H3/b17-12-. The predicted octanol–water partition coefficient (Wildman–Crippen LogP) is 4.57. The molecule has 3 heterocycles. The van der Waals surface area contributed by atoms with Crippen molar-refractivity contribution in [2.45, 2.75) is 43.1 Å². The summed E-state index contributed by atoms with van der Waals surface area (Å²) in [4.78, 5) is 30.9. The Bertz CT molecular complexity index is 1130. The number of amides is 2. The van der Waals surface area contributed by atoms with E-state index in [-0.39, 0.29) is 17.2 Å². The monoisotopic (exact) mass is 442 g/mol. The highest BCUT2D eigenvalue weighted by Gasteiger charge is 2.36. The lowest BCUT2D eigenvalue weighted by atomic mass is 10.3. The highest BCUT2D eigenvalue weighted by molar-refractivity contribution is 8.18. The fourth-order valence-electron chi connectivity index (χ4n) is 3.21. The minimum absolute atomic E-state index is 0.173. The molecule has 0 atom stereocenters. The molecule has 1 saturated heterocycles. The van der Waals surface area contributed by atoms with Gasteiger partial charge in [-0.2, -0.15) is 0 Å². The molecule has 3 aromatic rings. The summed E-state index contributed by atoms with van der Waals surface area (Å²) in [6.45, 7) is 5.01. The molecule has 9 heteroatoms. The van der Waals surface area contributed by atoms with Crippen LogP contribution in [-0.4, -0.2) is 38.2 Å². The van der Waals surface area contributed by atoms with Gasteiger partial charge in [0.2, 0.25) is 0 Å². The fourth-order valence-corrected chi connectivity index (χ4v) is 5.05. The molecule has 0 radical (unpaired) electrons. The number of nitrogens with two attached hydrogens (primary N) is 1. The minimum Gasteiger partial charge on any atom is -0.450 e. The largest absolute Gasteiger partial charge is 0.450 e. The molecule has 30 heavy (non-hydrogen) atoms. The second-order valence-electron chi connectivity index (χ2n) is 7.08. The molecule has 0 unspecified atom stereocenters. The van der Waals surface area contributed by atoms with Crippen LogP contribution in [0, 0.1) is 0 Å². The number of aromatic nitrogens is 2. The Kier molecular flexibility index (Phi) is 6.03. The third-order valence-electron chi connectivity index (χ3n) is 4.61. The van der Waals surface area contributed by atoms with E-state index in [9.17, 15) is 9.59 Å². The molecule has 0 aliphatic carbocycles. The second-order valence-corrected chi connectivity index (χ2v) is 9.05. The van der Waals surface area contributed by atoms with E-state index in [2.05, 4.69) is 4.57 Å². The number of hydrogen-bond acceptors (Lipinski definition) is 7. The Labute approximate surface area is 182 Å². The van der Waals surface area contributed by atoms with E-state index >= 15 is 0 Å². The van der Waals surface area contributed by atoms with Crippen LogP contribution in [0.3, 0.4) is 0 Å². The quantitative estimate of drug-likeness (QED) is 0.535. The number of carbonyl (C=O) groups excluding carboxylic acids is 2. The van der Waals surface area contributed by atoms with Crippen molar-refractivity contribution < 1.29 is 14.0 Å². The first-order chi connectivity index (χ1) is 14.5. The second kappa shape index (κ2) is 8.71. The van der Waals surface area contributed by atoms with Crippen LogP contribution in [-0.2, 0) is 11.3 Å². The van der Waals surface area contributed by atoms with Crippen molar-refractivity contribution in [1.29, 1.82) is 0 Å². The number of furan rings is 1. The van der Waals surface area contributed by atoms with E-state index in [0.717, 1.165) is 40.9 Å². The van der Waals surface area contributed by atoms with Gasteiger partial charge in [-0.3, -0.25) is 14.5 Å². The highest BCUT2D eigenvalue weighted by atomic mass is 32.2. The Morgan fingerprint density at radius 2 is 2.03 bits per heavy atom. The van der Waals surface area contributed by atoms with Crippen LogP contribution in [0.25, 0.3) is 17.1 Å². The molecule has 2 N–H and O–H groups in total. The van der Waals surface area contributed by atoms with Gasteiger partial charge in [0.1, 0.15) is 5.76 Å². The van der Waals surface area contributed by atoms with Crippen molar-refractivity contribution in [1.82, 2.24) is 14.5 Å². The lowest BCUT2D eigenvalue weighted by molar-refractivity contribution is -0.123. The summed E-state index contributed by atoms with van der Waals surface area (Å²) < 4.78 is 8.04. The number of imide groups is 1. The summed E-state index contributed by atoms with van der Waals surface area (Å²) in [5.41, 5.74) is 7.68. The van der Waals surface area contributed by atoms with Gasteiger partial charge in [-0.1, -0.05) is 12.1 Å². The van der Waals surface area contributed by atoms with E-state index in [1.54, 1.807) is 12.1 Å². The normalized spacial score (nSPS) is 16.0. The number of imidazole rings is 1. The van der Waals surface area contributed by atoms with Gasteiger partial charge in [0, 0.05) is 18.7 Å². The predicted molar refractivity (Wildman–Crippen MR) is 119 cm³/mol. The van der Waals surface area contributed by atoms with Crippen molar-refractivity contribution in [3.8, 4) is 0 Å². The van der Waals surface area contributed by atoms with Gasteiger partial charge < -0.3 is 14.7 Å². The van der Waals surface area contributed by atoms with Gasteiger partial charge in [0.25, 0.3) is 11.1 Å². The first kappa shape index (κ1) is 20.8. The minimum atomic E-state index is -0.283. The maximum atomic E-state index is 12.4. The summed E-state index contributed by atoms with van der Waals surface area (Å²) in [5, 5.41) is 1.23. The molecule has 2 amide bonds. The molecule has 1 aliphatic rings. The molecule has 1 aromatic carbocycles. The highest BCUT2D eigenvalue weighted by Crippen LogP contribution is 2.36. The van der Waals surface area contributed by atoms with Gasteiger partial charge >= 0.3 is 0 Å². The first-order valence-electron chi connectivity index (χ1n) is 9.68. The molecule has 0 spiro atoms. The lowest BCUT2D eigenvalue weighted by Gasteiger charge is -2.16. The molecule has 1 aliphatic heterocycles. The average Bonchev–Trinajstić information content (AvgIpc) is 3.37. The average molecular weight is 443 g/mol. The molecule has 7 nitrogen and oxygen atoms in total. The molecule has 1 fully saturated rings. The zero-order valence-corrected chi connectivity index (χ0v) is 18.3. The molecular formula is C21H22N4O3S2. The third kappa shape index (κ3) is 4.05. The van der Waals surface area contributed by atoms with Gasteiger partial charge in [0.05, 0.1) is 15.9 Å². The van der Waals surface area contributed by atoms with Gasteiger partial charge in [-0.15, -0.1) is 0 Å². The van der Waals surface area contributed by atoms with Crippen molar-refractivity contribution in [2.24, 2.45) is 5.73 Å². The number of benzene rings is 1. The molecule has 2 aromatic heterocycles. The number of hydrogen-bond donors (Lipinski definition) is 1. The number of nitrogens with zero attached hydrogens (tertiary/aromatic N) is 3. The summed E-state index contributed by atoms with van der Waals surface area (Å²) in [6.07, 6.45) is 2.47. The van der Waals surface area contributed by atoms with Crippen LogP contribution in [0.1, 0.15) is 26.0 Å². The summed E-state index contributed by atoms with van der Waals surface area (Å²) in [7, 11) is 0. The van der Waals surface area contributed by atoms with Crippen molar-refractivity contribution in [3.63, 3.8) is 0 Å². The van der Waals surface area contributed by atoms with E-state index < -0.39 is 0 Å². The Morgan fingerprint density at radius 1 is 1.23 bits per heavy atom. The molecular weight excluding hydrogens is 420 g/mol. The number of fused-ring (bicyclic) bond motifs is 1. The van der Waals surface area contributed by atoms with Gasteiger partial charge in [-0.05, 0) is 74.6 Å². The summed E-state index contributed by atoms with van der Waals surface area (Å²) in [5.74, 6) is 0.241. The van der Waals surface area contributed by atoms with Crippen LogP contribution in [0.5, 0.6) is 0 Å². The SMILES string of the molecule is CC(C)N1C(=O)S/C(=C\c2ccc(Sc3nc4ccccc4n3CCCN)o2)C1=O. The first-order valence-corrected chi connectivity index (χ1v) is 11.3. The molecule has 0 saturated carbocycles. The maximum absolute atomic E-state index is 12.4. The van der Waals surface area contributed by atoms with Crippen molar-refractivity contribution in [3.05, 3.63) is 47.1 Å². The third-order valence-corrected chi connectivity index (χ3v) is 6.41. The Hall–Kier alpha value is -2.49. The van der Waals surface area contributed by atoms with Crippen LogP contribution < -0.4 is 5.73 Å². The summed E-state index contributed by atoms with van der Waals surface area (Å²) in [6, 6.07) is 11.4. The smallest absolute Gasteiger partial charge is 0.293 e. The topological polar surface area (TPSA) is 94.4 Å². The van der Waals surface area contributed by atoms with Crippen LogP contribution in [0.4, 0.5) is 4.79 Å². The Morgan fingerprint density at radius 3 is 2.77 bits per heavy atom. The van der Waals surface area contributed by atoms with Gasteiger partial charge in [0.15, 0.2) is 10.2 Å². The van der Waals surface area contributed by atoms with Crippen LogP contribution >= 0.6 is 23.5 Å². The fraction of sp³-hybridized carbons (Fsp3) is 0.286. The lowest BCUT2D eigenvalue weighted by Crippen LogP contribution is -2.34. The zero-order chi connectivity index (χ0) is 21.3. The summed E-state index contributed by atoms with van der Waals surface area (Å²) >= 11 is 2.36. The number of carbonyl (C=O) groups is 2.